The molecule has 1 amide bonds. The topological polar surface area (TPSA) is 55.6 Å². The highest BCUT2D eigenvalue weighted by Gasteiger charge is 2.30. The summed E-state index contributed by atoms with van der Waals surface area (Å²) in [5.74, 6) is -0.144. The van der Waals surface area contributed by atoms with E-state index in [1.54, 1.807) is 11.0 Å². The van der Waals surface area contributed by atoms with Crippen molar-refractivity contribution in [3.05, 3.63) is 35.4 Å². The second-order valence-corrected chi connectivity index (χ2v) is 5.97. The number of rotatable bonds is 6. The van der Waals surface area contributed by atoms with Crippen LogP contribution in [0.1, 0.15) is 30.4 Å². The largest absolute Gasteiger partial charge is 0.416 e. The fraction of sp³-hybridized carbons (Fsp3) is 0.588. The Morgan fingerprint density at radius 3 is 2.56 bits per heavy atom. The first-order chi connectivity index (χ1) is 11.4. The number of piperidine rings is 1. The summed E-state index contributed by atoms with van der Waals surface area (Å²) >= 11 is 0. The highest BCUT2D eigenvalue weighted by molar-refractivity contribution is 5.85. The molecular weight excluding hydrogens is 357 g/mol. The number of ether oxygens (including phenoxy) is 1. The smallest absolute Gasteiger partial charge is 0.378 e. The minimum absolute atomic E-state index is 0. The van der Waals surface area contributed by atoms with Crippen molar-refractivity contribution in [3.63, 3.8) is 0 Å². The number of carbonyl (C=O) groups is 1. The zero-order valence-corrected chi connectivity index (χ0v) is 14.7. The van der Waals surface area contributed by atoms with Crippen LogP contribution >= 0.6 is 12.4 Å². The van der Waals surface area contributed by atoms with Gasteiger partial charge >= 0.3 is 6.18 Å². The summed E-state index contributed by atoms with van der Waals surface area (Å²) in [6.45, 7) is 2.36. The Bertz CT molecular complexity index is 547. The molecule has 1 aliphatic heterocycles. The number of alkyl halides is 3. The van der Waals surface area contributed by atoms with Gasteiger partial charge in [0.1, 0.15) is 0 Å². The number of nitrogens with two attached hydrogens (primary N) is 1. The number of halogens is 4. The molecule has 1 aromatic carbocycles. The average Bonchev–Trinajstić information content (AvgIpc) is 2.55. The minimum Gasteiger partial charge on any atom is -0.378 e. The van der Waals surface area contributed by atoms with Crippen LogP contribution in [0.3, 0.4) is 0 Å². The zero-order chi connectivity index (χ0) is 17.6. The molecule has 4 nitrogen and oxygen atoms in total. The minimum atomic E-state index is -4.39. The molecule has 0 aromatic heterocycles. The predicted molar refractivity (Wildman–Crippen MR) is 91.6 cm³/mol. The Morgan fingerprint density at radius 1 is 1.28 bits per heavy atom. The maximum Gasteiger partial charge on any atom is 0.416 e. The molecule has 2 rings (SSSR count). The molecule has 25 heavy (non-hydrogen) atoms. The Balaban J connectivity index is 0.00000312. The van der Waals surface area contributed by atoms with Crippen LogP contribution in [0.4, 0.5) is 13.2 Å². The maximum absolute atomic E-state index is 12.7. The van der Waals surface area contributed by atoms with Crippen molar-refractivity contribution < 1.29 is 22.7 Å². The standard InChI is InChI=1S/C17H23F3N2O2.ClH/c18-17(19,20)14-4-1-3-13(11-14)12-16(23)22-8-5-15(6-9-22)24-10-2-7-21;/h1,3-4,11,15H,2,5-10,12,21H2;1H. The van der Waals surface area contributed by atoms with Crippen LogP contribution in [0.25, 0.3) is 0 Å². The summed E-state index contributed by atoms with van der Waals surface area (Å²) in [5.41, 5.74) is 5.08. The molecule has 0 atom stereocenters. The first kappa shape index (κ1) is 21.7. The van der Waals surface area contributed by atoms with Crippen LogP contribution in [0.15, 0.2) is 24.3 Å². The number of hydrogen-bond acceptors (Lipinski definition) is 3. The van der Waals surface area contributed by atoms with Crippen molar-refractivity contribution in [3.8, 4) is 0 Å². The highest BCUT2D eigenvalue weighted by Crippen LogP contribution is 2.29. The second kappa shape index (κ2) is 9.99. The third-order valence-corrected chi connectivity index (χ3v) is 4.11. The van der Waals surface area contributed by atoms with Crippen molar-refractivity contribution in [2.75, 3.05) is 26.2 Å². The molecule has 1 aliphatic rings. The van der Waals surface area contributed by atoms with E-state index in [4.69, 9.17) is 10.5 Å². The molecule has 0 spiro atoms. The van der Waals surface area contributed by atoms with Gasteiger partial charge in [-0.05, 0) is 37.4 Å². The fourth-order valence-corrected chi connectivity index (χ4v) is 2.75. The van der Waals surface area contributed by atoms with E-state index < -0.39 is 11.7 Å². The number of benzene rings is 1. The third-order valence-electron chi connectivity index (χ3n) is 4.11. The molecule has 0 unspecified atom stereocenters. The molecular formula is C17H24ClF3N2O2. The maximum atomic E-state index is 12.7. The Labute approximate surface area is 151 Å². The highest BCUT2D eigenvalue weighted by atomic mass is 35.5. The molecule has 0 radical (unpaired) electrons. The number of nitrogens with zero attached hydrogens (tertiary/aromatic N) is 1. The van der Waals surface area contributed by atoms with Crippen molar-refractivity contribution in [1.82, 2.24) is 4.90 Å². The van der Waals surface area contributed by atoms with Crippen molar-refractivity contribution in [1.29, 1.82) is 0 Å². The van der Waals surface area contributed by atoms with E-state index in [-0.39, 0.29) is 30.8 Å². The molecule has 1 aromatic rings. The van der Waals surface area contributed by atoms with Crippen molar-refractivity contribution >= 4 is 18.3 Å². The lowest BCUT2D eigenvalue weighted by molar-refractivity contribution is -0.138. The van der Waals surface area contributed by atoms with E-state index >= 15 is 0 Å². The summed E-state index contributed by atoms with van der Waals surface area (Å²) in [6.07, 6.45) is -1.96. The van der Waals surface area contributed by atoms with Crippen LogP contribution in [-0.2, 0) is 22.1 Å². The quantitative estimate of drug-likeness (QED) is 0.772. The van der Waals surface area contributed by atoms with E-state index in [0.29, 0.717) is 31.8 Å². The molecule has 1 heterocycles. The fourth-order valence-electron chi connectivity index (χ4n) is 2.75. The Kier molecular flexibility index (Phi) is 8.68. The molecule has 142 valence electrons. The van der Waals surface area contributed by atoms with Gasteiger partial charge in [0.15, 0.2) is 0 Å². The van der Waals surface area contributed by atoms with E-state index in [9.17, 15) is 18.0 Å². The van der Waals surface area contributed by atoms with Crippen molar-refractivity contribution in [2.24, 2.45) is 5.73 Å². The van der Waals surface area contributed by atoms with Gasteiger partial charge in [-0.25, -0.2) is 0 Å². The third kappa shape index (κ3) is 6.84. The normalized spacial score (nSPS) is 15.8. The SMILES string of the molecule is Cl.NCCCOC1CCN(C(=O)Cc2cccc(C(F)(F)F)c2)CC1. The van der Waals surface area contributed by atoms with Gasteiger partial charge in [0.05, 0.1) is 18.1 Å². The van der Waals surface area contributed by atoms with Crippen LogP contribution in [0, 0.1) is 0 Å². The summed E-state index contributed by atoms with van der Waals surface area (Å²) in [5, 5.41) is 0. The van der Waals surface area contributed by atoms with Crippen LogP contribution in [-0.4, -0.2) is 43.2 Å². The van der Waals surface area contributed by atoms with Crippen molar-refractivity contribution in [2.45, 2.75) is 38.0 Å². The van der Waals surface area contributed by atoms with Crippen LogP contribution < -0.4 is 5.73 Å². The number of carbonyl (C=O) groups excluding carboxylic acids is 1. The molecule has 2 N–H and O–H groups in total. The number of hydrogen-bond donors (Lipinski definition) is 1. The van der Waals surface area contributed by atoms with Crippen LogP contribution in [0.5, 0.6) is 0 Å². The monoisotopic (exact) mass is 380 g/mol. The van der Waals surface area contributed by atoms with Gasteiger partial charge in [0, 0.05) is 19.7 Å². The average molecular weight is 381 g/mol. The Hall–Kier alpha value is -1.31. The van der Waals surface area contributed by atoms with E-state index in [1.165, 1.54) is 6.07 Å². The van der Waals surface area contributed by atoms with Gasteiger partial charge in [-0.1, -0.05) is 18.2 Å². The second-order valence-electron chi connectivity index (χ2n) is 5.97. The molecule has 1 saturated heterocycles. The van der Waals surface area contributed by atoms with E-state index in [2.05, 4.69) is 0 Å². The lowest BCUT2D eigenvalue weighted by Crippen LogP contribution is -2.41. The van der Waals surface area contributed by atoms with E-state index in [0.717, 1.165) is 31.4 Å². The predicted octanol–water partition coefficient (Wildman–Crippen LogP) is 3.03. The summed E-state index contributed by atoms with van der Waals surface area (Å²) < 4.78 is 43.8. The lowest BCUT2D eigenvalue weighted by Gasteiger charge is -2.32. The van der Waals surface area contributed by atoms with Gasteiger partial charge in [0.25, 0.3) is 0 Å². The van der Waals surface area contributed by atoms with Gasteiger partial charge in [-0.15, -0.1) is 12.4 Å². The molecule has 8 heteroatoms. The van der Waals surface area contributed by atoms with Gasteiger partial charge in [-0.2, -0.15) is 13.2 Å². The molecule has 1 fully saturated rings. The van der Waals surface area contributed by atoms with Gasteiger partial charge < -0.3 is 15.4 Å². The lowest BCUT2D eigenvalue weighted by atomic mass is 10.0. The zero-order valence-electron chi connectivity index (χ0n) is 13.9. The van der Waals surface area contributed by atoms with Gasteiger partial charge in [0.2, 0.25) is 5.91 Å². The molecule has 0 aliphatic carbocycles. The first-order valence-electron chi connectivity index (χ1n) is 8.15. The van der Waals surface area contributed by atoms with Gasteiger partial charge in [-0.3, -0.25) is 4.79 Å². The number of likely N-dealkylation sites (tertiary alicyclic amines) is 1. The molecule has 0 bridgehead atoms. The number of amides is 1. The molecule has 0 saturated carbocycles. The van der Waals surface area contributed by atoms with Crippen LogP contribution in [0.2, 0.25) is 0 Å². The van der Waals surface area contributed by atoms with E-state index in [1.807, 2.05) is 0 Å². The summed E-state index contributed by atoms with van der Waals surface area (Å²) in [7, 11) is 0. The Morgan fingerprint density at radius 2 is 1.96 bits per heavy atom. The summed E-state index contributed by atoms with van der Waals surface area (Å²) in [6, 6.07) is 4.94. The summed E-state index contributed by atoms with van der Waals surface area (Å²) in [4.78, 5) is 14.0. The first-order valence-corrected chi connectivity index (χ1v) is 8.15.